The molecule has 0 radical (unpaired) electrons. The summed E-state index contributed by atoms with van der Waals surface area (Å²) in [7, 11) is 0. The average molecular weight is 200 g/mol. The molecule has 0 saturated carbocycles. The van der Waals surface area contributed by atoms with E-state index in [1.165, 1.54) is 4.40 Å². The molecule has 0 unspecified atom stereocenters. The Balaban J connectivity index is 2.63. The highest BCUT2D eigenvalue weighted by Gasteiger charge is 2.33. The smallest absolute Gasteiger partial charge is 0.306 e. The molecule has 0 saturated heterocycles. The van der Waals surface area contributed by atoms with Crippen molar-refractivity contribution in [2.75, 3.05) is 0 Å². The number of alkyl halides is 3. The Morgan fingerprint density at radius 1 is 1.21 bits per heavy atom. The minimum absolute atomic E-state index is 0.308. The maximum absolute atomic E-state index is 12.3. The third kappa shape index (κ3) is 1.45. The van der Waals surface area contributed by atoms with Crippen LogP contribution in [0.1, 0.15) is 11.3 Å². The molecule has 0 atom stereocenters. The van der Waals surface area contributed by atoms with Crippen molar-refractivity contribution in [3.63, 3.8) is 0 Å². The van der Waals surface area contributed by atoms with Gasteiger partial charge in [0.1, 0.15) is 5.65 Å². The number of nitrogens with zero attached hydrogens (tertiary/aromatic N) is 2. The number of aromatic nitrogens is 2. The van der Waals surface area contributed by atoms with Crippen LogP contribution in [-0.4, -0.2) is 9.38 Å². The Labute approximate surface area is 78.0 Å². The molecule has 0 spiro atoms. The lowest BCUT2D eigenvalue weighted by atomic mass is 10.3. The van der Waals surface area contributed by atoms with Gasteiger partial charge in [-0.25, -0.2) is 4.98 Å². The van der Waals surface area contributed by atoms with Crippen LogP contribution < -0.4 is 0 Å². The van der Waals surface area contributed by atoms with Gasteiger partial charge in [-0.3, -0.25) is 0 Å². The van der Waals surface area contributed by atoms with Crippen molar-refractivity contribution in [3.05, 3.63) is 35.8 Å². The Kier molecular flexibility index (Phi) is 1.77. The fraction of sp³-hybridized carbons (Fsp3) is 0.222. The van der Waals surface area contributed by atoms with Gasteiger partial charge in [0.25, 0.3) is 0 Å². The summed E-state index contributed by atoms with van der Waals surface area (Å²) in [5.41, 5.74) is 0.342. The number of halogens is 3. The monoisotopic (exact) mass is 200 g/mol. The Morgan fingerprint density at radius 3 is 2.57 bits per heavy atom. The van der Waals surface area contributed by atoms with Crippen molar-refractivity contribution >= 4 is 5.65 Å². The molecule has 74 valence electrons. The van der Waals surface area contributed by atoms with Crippen LogP contribution in [-0.2, 0) is 6.18 Å². The van der Waals surface area contributed by atoms with Gasteiger partial charge in [0.2, 0.25) is 0 Å². The van der Waals surface area contributed by atoms with Gasteiger partial charge in [-0.05, 0) is 18.6 Å². The zero-order chi connectivity index (χ0) is 10.3. The molecule has 2 aromatic rings. The largest absolute Gasteiger partial charge is 0.434 e. The fourth-order valence-electron chi connectivity index (χ4n) is 1.24. The second-order valence-electron chi connectivity index (χ2n) is 3.10. The van der Waals surface area contributed by atoms with Crippen molar-refractivity contribution < 1.29 is 13.2 Å². The number of imidazole rings is 1. The molecule has 2 heterocycles. The molecule has 2 nitrogen and oxygen atoms in total. The number of rotatable bonds is 0. The third-order valence-corrected chi connectivity index (χ3v) is 1.89. The molecule has 0 amide bonds. The molecule has 0 fully saturated rings. The van der Waals surface area contributed by atoms with Gasteiger partial charge in [0.15, 0.2) is 5.69 Å². The van der Waals surface area contributed by atoms with E-state index in [9.17, 15) is 13.2 Å². The highest BCUT2D eigenvalue weighted by Crippen LogP contribution is 2.28. The molecular weight excluding hydrogens is 193 g/mol. The summed E-state index contributed by atoms with van der Waals surface area (Å²) in [5, 5.41) is 0. The lowest BCUT2D eigenvalue weighted by Gasteiger charge is -1.98. The normalized spacial score (nSPS) is 12.3. The first-order chi connectivity index (χ1) is 6.47. The highest BCUT2D eigenvalue weighted by molar-refractivity contribution is 5.41. The van der Waals surface area contributed by atoms with Gasteiger partial charge in [0, 0.05) is 12.4 Å². The van der Waals surface area contributed by atoms with Crippen LogP contribution in [0.3, 0.4) is 0 Å². The van der Waals surface area contributed by atoms with Crippen molar-refractivity contribution in [1.82, 2.24) is 9.38 Å². The summed E-state index contributed by atoms with van der Waals surface area (Å²) in [4.78, 5) is 3.46. The molecule has 2 rings (SSSR count). The minimum atomic E-state index is -4.38. The minimum Gasteiger partial charge on any atom is -0.306 e. The topological polar surface area (TPSA) is 17.3 Å². The lowest BCUT2D eigenvalue weighted by Crippen LogP contribution is -2.04. The molecule has 0 aromatic carbocycles. The standard InChI is InChI=1S/C9H7F3N2/c1-6-2-3-8-13-7(9(10,11)12)5-14(8)4-6/h2-5H,1H3. The average Bonchev–Trinajstić information content (AvgIpc) is 2.45. The number of pyridine rings is 1. The van der Waals surface area contributed by atoms with Crippen LogP contribution in [0.2, 0.25) is 0 Å². The van der Waals surface area contributed by atoms with E-state index in [0.717, 1.165) is 11.8 Å². The summed E-state index contributed by atoms with van der Waals surface area (Å²) in [6.07, 6.45) is -1.78. The predicted molar refractivity (Wildman–Crippen MR) is 44.9 cm³/mol. The number of fused-ring (bicyclic) bond motifs is 1. The van der Waals surface area contributed by atoms with Crippen LogP contribution in [0.4, 0.5) is 13.2 Å². The summed E-state index contributed by atoms with van der Waals surface area (Å²) in [5.74, 6) is 0. The van der Waals surface area contributed by atoms with Gasteiger partial charge in [-0.15, -0.1) is 0 Å². The summed E-state index contributed by atoms with van der Waals surface area (Å²) >= 11 is 0. The van der Waals surface area contributed by atoms with Gasteiger partial charge >= 0.3 is 6.18 Å². The van der Waals surface area contributed by atoms with Crippen molar-refractivity contribution in [1.29, 1.82) is 0 Å². The summed E-state index contributed by atoms with van der Waals surface area (Å²) in [6.45, 7) is 1.81. The molecule has 14 heavy (non-hydrogen) atoms. The summed E-state index contributed by atoms with van der Waals surface area (Å²) < 4.78 is 38.1. The molecule has 0 N–H and O–H groups in total. The van der Waals surface area contributed by atoms with E-state index in [1.807, 2.05) is 6.92 Å². The van der Waals surface area contributed by atoms with Gasteiger partial charge in [-0.1, -0.05) is 6.07 Å². The highest BCUT2D eigenvalue weighted by atomic mass is 19.4. The molecule has 0 aliphatic rings. The Bertz CT molecular complexity index is 470. The first kappa shape index (κ1) is 9.05. The van der Waals surface area contributed by atoms with Crippen LogP contribution in [0.5, 0.6) is 0 Å². The number of aryl methyl sites for hydroxylation is 1. The second-order valence-corrected chi connectivity index (χ2v) is 3.10. The van der Waals surface area contributed by atoms with Crippen LogP contribution in [0.25, 0.3) is 5.65 Å². The van der Waals surface area contributed by atoms with E-state index in [4.69, 9.17) is 0 Å². The quantitative estimate of drug-likeness (QED) is 0.639. The molecular formula is C9H7F3N2. The first-order valence-electron chi connectivity index (χ1n) is 3.99. The van der Waals surface area contributed by atoms with E-state index in [2.05, 4.69) is 4.98 Å². The van der Waals surface area contributed by atoms with E-state index in [1.54, 1.807) is 18.3 Å². The Hall–Kier alpha value is -1.52. The molecule has 0 bridgehead atoms. The number of hydrogen-bond donors (Lipinski definition) is 0. The van der Waals surface area contributed by atoms with E-state index < -0.39 is 11.9 Å². The second kappa shape index (κ2) is 2.73. The van der Waals surface area contributed by atoms with Crippen molar-refractivity contribution in [3.8, 4) is 0 Å². The van der Waals surface area contributed by atoms with E-state index in [-0.39, 0.29) is 0 Å². The summed E-state index contributed by atoms with van der Waals surface area (Å²) in [6, 6.07) is 3.28. The molecule has 0 aliphatic carbocycles. The van der Waals surface area contributed by atoms with Crippen molar-refractivity contribution in [2.24, 2.45) is 0 Å². The van der Waals surface area contributed by atoms with Gasteiger partial charge in [-0.2, -0.15) is 13.2 Å². The predicted octanol–water partition coefficient (Wildman–Crippen LogP) is 2.66. The van der Waals surface area contributed by atoms with Gasteiger partial charge in [0.05, 0.1) is 0 Å². The zero-order valence-corrected chi connectivity index (χ0v) is 7.34. The lowest BCUT2D eigenvalue weighted by molar-refractivity contribution is -0.140. The molecule has 5 heteroatoms. The maximum atomic E-state index is 12.3. The molecule has 0 aliphatic heterocycles. The van der Waals surface area contributed by atoms with E-state index >= 15 is 0 Å². The van der Waals surface area contributed by atoms with Crippen LogP contribution in [0.15, 0.2) is 24.5 Å². The van der Waals surface area contributed by atoms with Crippen LogP contribution >= 0.6 is 0 Å². The third-order valence-electron chi connectivity index (χ3n) is 1.89. The van der Waals surface area contributed by atoms with E-state index in [0.29, 0.717) is 5.65 Å². The van der Waals surface area contributed by atoms with Crippen molar-refractivity contribution in [2.45, 2.75) is 13.1 Å². The molecule has 2 aromatic heterocycles. The zero-order valence-electron chi connectivity index (χ0n) is 7.34. The van der Waals surface area contributed by atoms with Crippen LogP contribution in [0, 0.1) is 6.92 Å². The first-order valence-corrected chi connectivity index (χ1v) is 3.99. The Morgan fingerprint density at radius 2 is 1.93 bits per heavy atom. The fourth-order valence-corrected chi connectivity index (χ4v) is 1.24. The number of hydrogen-bond acceptors (Lipinski definition) is 1. The van der Waals surface area contributed by atoms with Gasteiger partial charge < -0.3 is 4.40 Å². The SMILES string of the molecule is Cc1ccc2nc(C(F)(F)F)cn2c1. The maximum Gasteiger partial charge on any atom is 0.434 e.